The van der Waals surface area contributed by atoms with E-state index in [0.717, 1.165) is 31.1 Å². The van der Waals surface area contributed by atoms with Crippen molar-refractivity contribution < 1.29 is 5.11 Å². The molecule has 0 bridgehead atoms. The molecule has 0 aromatic rings. The normalized spacial score (nSPS) is 13.6. The fraction of sp³-hybridized carbons (Fsp3) is 1.00. The van der Waals surface area contributed by atoms with Gasteiger partial charge in [-0.15, -0.1) is 0 Å². The third-order valence-electron chi connectivity index (χ3n) is 2.03. The molecular weight excluding hydrogens is 184 g/mol. The minimum Gasteiger partial charge on any atom is -0.391 e. The van der Waals surface area contributed by atoms with Crippen LogP contribution in [0.1, 0.15) is 13.8 Å². The van der Waals surface area contributed by atoms with Crippen LogP contribution >= 0.6 is 11.8 Å². The van der Waals surface area contributed by atoms with Gasteiger partial charge in [0.15, 0.2) is 0 Å². The van der Waals surface area contributed by atoms with Gasteiger partial charge in [-0.2, -0.15) is 11.8 Å². The van der Waals surface area contributed by atoms with Gasteiger partial charge in [-0.3, -0.25) is 0 Å². The Labute approximate surface area is 85.7 Å². The van der Waals surface area contributed by atoms with Crippen molar-refractivity contribution >= 4 is 11.8 Å². The molecule has 0 saturated carbocycles. The Kier molecular flexibility index (Phi) is 8.97. The van der Waals surface area contributed by atoms with Gasteiger partial charge in [0.05, 0.1) is 6.10 Å². The van der Waals surface area contributed by atoms with Crippen LogP contribution in [-0.4, -0.2) is 53.8 Å². The van der Waals surface area contributed by atoms with E-state index >= 15 is 0 Å². The highest BCUT2D eigenvalue weighted by atomic mass is 32.2. The van der Waals surface area contributed by atoms with Crippen LogP contribution in [0.25, 0.3) is 0 Å². The highest BCUT2D eigenvalue weighted by Crippen LogP contribution is 2.03. The first-order valence-corrected chi connectivity index (χ1v) is 6.08. The van der Waals surface area contributed by atoms with Crippen molar-refractivity contribution in [3.8, 4) is 0 Å². The van der Waals surface area contributed by atoms with Crippen LogP contribution in [-0.2, 0) is 0 Å². The summed E-state index contributed by atoms with van der Waals surface area (Å²) < 4.78 is 0. The smallest absolute Gasteiger partial charge is 0.0752 e. The molecule has 0 spiro atoms. The summed E-state index contributed by atoms with van der Waals surface area (Å²) in [6.45, 7) is 8.03. The van der Waals surface area contributed by atoms with Gasteiger partial charge in [0.2, 0.25) is 0 Å². The fourth-order valence-corrected chi connectivity index (χ4v) is 1.98. The zero-order valence-electron chi connectivity index (χ0n) is 8.70. The zero-order valence-corrected chi connectivity index (χ0v) is 9.52. The van der Waals surface area contributed by atoms with Gasteiger partial charge in [0, 0.05) is 24.6 Å². The molecule has 3 nitrogen and oxygen atoms in total. The highest BCUT2D eigenvalue weighted by molar-refractivity contribution is 7.99. The lowest BCUT2D eigenvalue weighted by atomic mass is 10.4. The second-order valence-electron chi connectivity index (χ2n) is 2.99. The minimum absolute atomic E-state index is 0.332. The van der Waals surface area contributed by atoms with Gasteiger partial charge in [-0.1, -0.05) is 13.8 Å². The zero-order chi connectivity index (χ0) is 10.1. The molecular formula is C9H22N2OS. The predicted octanol–water partition coefficient (Wildman–Crippen LogP) is 0.381. The Morgan fingerprint density at radius 2 is 2.00 bits per heavy atom. The molecule has 3 N–H and O–H groups in total. The van der Waals surface area contributed by atoms with E-state index in [9.17, 15) is 5.11 Å². The lowest BCUT2D eigenvalue weighted by Gasteiger charge is -2.17. The molecule has 0 aromatic carbocycles. The van der Waals surface area contributed by atoms with E-state index in [-0.39, 0.29) is 6.10 Å². The number of thioether (sulfide) groups is 1. The molecule has 1 unspecified atom stereocenters. The number of rotatable bonds is 8. The quantitative estimate of drug-likeness (QED) is 0.564. The Hall–Kier alpha value is 0.230. The molecule has 13 heavy (non-hydrogen) atoms. The molecule has 0 radical (unpaired) electrons. The van der Waals surface area contributed by atoms with Gasteiger partial charge < -0.3 is 15.7 Å². The maximum atomic E-state index is 9.18. The SMILES string of the molecule is CCN(CC)CCSCC(O)CN. The summed E-state index contributed by atoms with van der Waals surface area (Å²) in [5, 5.41) is 9.18. The second kappa shape index (κ2) is 8.81. The molecule has 0 aliphatic rings. The third-order valence-corrected chi connectivity index (χ3v) is 3.12. The lowest BCUT2D eigenvalue weighted by molar-refractivity contribution is 0.208. The largest absolute Gasteiger partial charge is 0.391 e. The number of nitrogens with two attached hydrogens (primary N) is 1. The summed E-state index contributed by atoms with van der Waals surface area (Å²) in [5.74, 6) is 1.84. The summed E-state index contributed by atoms with van der Waals surface area (Å²) in [6, 6.07) is 0. The van der Waals surface area contributed by atoms with Gasteiger partial charge >= 0.3 is 0 Å². The topological polar surface area (TPSA) is 49.5 Å². The second-order valence-corrected chi connectivity index (χ2v) is 4.14. The van der Waals surface area contributed by atoms with Crippen molar-refractivity contribution in [3.05, 3.63) is 0 Å². The Balaban J connectivity index is 3.23. The van der Waals surface area contributed by atoms with E-state index in [2.05, 4.69) is 18.7 Å². The summed E-state index contributed by atoms with van der Waals surface area (Å²) in [6.07, 6.45) is -0.332. The number of aliphatic hydroxyl groups excluding tert-OH is 1. The van der Waals surface area contributed by atoms with Crippen molar-refractivity contribution in [2.75, 3.05) is 37.7 Å². The van der Waals surface area contributed by atoms with Crippen molar-refractivity contribution in [1.82, 2.24) is 4.90 Å². The first-order valence-electron chi connectivity index (χ1n) is 4.92. The number of hydrogen-bond donors (Lipinski definition) is 2. The molecule has 80 valence electrons. The molecule has 0 aliphatic carbocycles. The van der Waals surface area contributed by atoms with Crippen molar-refractivity contribution in [3.63, 3.8) is 0 Å². The average molecular weight is 206 g/mol. The molecule has 0 aliphatic heterocycles. The monoisotopic (exact) mass is 206 g/mol. The lowest BCUT2D eigenvalue weighted by Crippen LogP contribution is -2.27. The maximum Gasteiger partial charge on any atom is 0.0752 e. The van der Waals surface area contributed by atoms with E-state index in [1.807, 2.05) is 0 Å². The van der Waals surface area contributed by atoms with Gasteiger partial charge in [-0.05, 0) is 13.1 Å². The summed E-state index contributed by atoms with van der Waals surface area (Å²) in [4.78, 5) is 2.38. The van der Waals surface area contributed by atoms with Gasteiger partial charge in [-0.25, -0.2) is 0 Å². The first kappa shape index (κ1) is 13.2. The minimum atomic E-state index is -0.332. The molecule has 4 heteroatoms. The maximum absolute atomic E-state index is 9.18. The van der Waals surface area contributed by atoms with Gasteiger partial charge in [0.1, 0.15) is 0 Å². The number of hydrogen-bond acceptors (Lipinski definition) is 4. The number of nitrogens with zero attached hydrogens (tertiary/aromatic N) is 1. The van der Waals surface area contributed by atoms with E-state index in [0.29, 0.717) is 6.54 Å². The summed E-state index contributed by atoms with van der Waals surface area (Å²) in [5.41, 5.74) is 5.29. The Bertz CT molecular complexity index is 110. The summed E-state index contributed by atoms with van der Waals surface area (Å²) >= 11 is 1.77. The molecule has 0 saturated heterocycles. The highest BCUT2D eigenvalue weighted by Gasteiger charge is 2.02. The van der Waals surface area contributed by atoms with Crippen LogP contribution in [0, 0.1) is 0 Å². The first-order chi connectivity index (χ1) is 6.24. The van der Waals surface area contributed by atoms with Crippen LogP contribution in [0.15, 0.2) is 0 Å². The molecule has 0 heterocycles. The van der Waals surface area contributed by atoms with Crippen molar-refractivity contribution in [1.29, 1.82) is 0 Å². The van der Waals surface area contributed by atoms with Crippen LogP contribution in [0.2, 0.25) is 0 Å². The molecule has 0 rings (SSSR count). The van der Waals surface area contributed by atoms with Crippen molar-refractivity contribution in [2.24, 2.45) is 5.73 Å². The number of aliphatic hydroxyl groups is 1. The average Bonchev–Trinajstić information content (AvgIpc) is 2.18. The van der Waals surface area contributed by atoms with Crippen molar-refractivity contribution in [2.45, 2.75) is 20.0 Å². The Morgan fingerprint density at radius 1 is 1.38 bits per heavy atom. The molecule has 0 amide bonds. The van der Waals surface area contributed by atoms with Crippen LogP contribution in [0.3, 0.4) is 0 Å². The van der Waals surface area contributed by atoms with Gasteiger partial charge in [0.25, 0.3) is 0 Å². The standard InChI is InChI=1S/C9H22N2OS/c1-3-11(4-2)5-6-13-8-9(12)7-10/h9,12H,3-8,10H2,1-2H3. The van der Waals surface area contributed by atoms with E-state index in [1.165, 1.54) is 0 Å². The van der Waals surface area contributed by atoms with E-state index < -0.39 is 0 Å². The van der Waals surface area contributed by atoms with E-state index in [4.69, 9.17) is 5.73 Å². The predicted molar refractivity (Wildman–Crippen MR) is 60.2 cm³/mol. The fourth-order valence-electron chi connectivity index (χ4n) is 1.02. The van der Waals surface area contributed by atoms with Crippen LogP contribution in [0.5, 0.6) is 0 Å². The molecule has 1 atom stereocenters. The van der Waals surface area contributed by atoms with Crippen LogP contribution < -0.4 is 5.73 Å². The summed E-state index contributed by atoms with van der Waals surface area (Å²) in [7, 11) is 0. The Morgan fingerprint density at radius 3 is 2.46 bits per heavy atom. The van der Waals surface area contributed by atoms with Crippen LogP contribution in [0.4, 0.5) is 0 Å². The third kappa shape index (κ3) is 7.31. The molecule has 0 fully saturated rings. The molecule has 0 aromatic heterocycles. The van der Waals surface area contributed by atoms with E-state index in [1.54, 1.807) is 11.8 Å².